The maximum Gasteiger partial charge on any atom is 0.264 e. The second-order valence-corrected chi connectivity index (χ2v) is 11.9. The molecule has 0 bridgehead atoms. The lowest BCUT2D eigenvalue weighted by Crippen LogP contribution is -2.25. The molecule has 4 heteroatoms. The van der Waals surface area contributed by atoms with E-state index in [0.29, 0.717) is 21.7 Å². The molecule has 0 radical (unpaired) electrons. The molecule has 7 rings (SSSR count). The molecule has 1 aromatic heterocycles. The van der Waals surface area contributed by atoms with E-state index in [-0.39, 0.29) is 5.63 Å². The van der Waals surface area contributed by atoms with E-state index < -0.39 is 7.14 Å². The molecule has 6 aromatic carbocycles. The molecule has 1 heterocycles. The van der Waals surface area contributed by atoms with E-state index in [0.717, 1.165) is 32.7 Å². The molecule has 0 aliphatic heterocycles. The molecule has 0 unspecified atom stereocenters. The predicted octanol–water partition coefficient (Wildman–Crippen LogP) is 7.44. The number of nitrogens with zero attached hydrogens (tertiary/aromatic N) is 1. The van der Waals surface area contributed by atoms with Crippen LogP contribution in [-0.2, 0) is 4.57 Å². The van der Waals surface area contributed by atoms with Gasteiger partial charge in [0.15, 0.2) is 5.58 Å². The van der Waals surface area contributed by atoms with E-state index in [1.807, 2.05) is 109 Å². The Kier molecular flexibility index (Phi) is 5.06. The fraction of sp³-hybridized carbons (Fsp3) is 0. The number of benzene rings is 6. The normalized spacial score (nSPS) is 11.9. The van der Waals surface area contributed by atoms with Crippen molar-refractivity contribution in [3.05, 3.63) is 133 Å². The van der Waals surface area contributed by atoms with Gasteiger partial charge in [0, 0.05) is 10.6 Å². The molecule has 0 atom stereocenters. The Bertz CT molecular complexity index is 1890. The van der Waals surface area contributed by atoms with Gasteiger partial charge in [0.2, 0.25) is 7.14 Å². The molecule has 7 aromatic rings. The van der Waals surface area contributed by atoms with Crippen molar-refractivity contribution in [3.63, 3.8) is 0 Å². The topological polar surface area (TPSA) is 43.1 Å². The smallest absolute Gasteiger partial charge is 0.264 e. The van der Waals surface area contributed by atoms with Crippen LogP contribution in [0, 0.1) is 0 Å². The molecule has 0 spiro atoms. The summed E-state index contributed by atoms with van der Waals surface area (Å²) in [5.74, 6) is 0. The van der Waals surface area contributed by atoms with E-state index >= 15 is 4.57 Å². The molecule has 37 heavy (non-hydrogen) atoms. The lowest BCUT2D eigenvalue weighted by Gasteiger charge is -2.17. The van der Waals surface area contributed by atoms with Crippen LogP contribution in [0.1, 0.15) is 0 Å². The molecule has 0 fully saturated rings. The quantitative estimate of drug-likeness (QED) is 0.238. The number of fused-ring (bicyclic) bond motifs is 3. The van der Waals surface area contributed by atoms with Gasteiger partial charge in [-0.3, -0.25) is 0 Å². The molecule has 0 aliphatic carbocycles. The first-order chi connectivity index (χ1) is 18.2. The third-order valence-corrected chi connectivity index (χ3v) is 9.69. The second kappa shape index (κ2) is 8.58. The van der Waals surface area contributed by atoms with Gasteiger partial charge in [0.1, 0.15) is 5.52 Å². The first-order valence-electron chi connectivity index (χ1n) is 12.2. The minimum Gasteiger partial charge on any atom is -0.433 e. The van der Waals surface area contributed by atoms with Crippen molar-refractivity contribution in [1.82, 2.24) is 4.98 Å². The molecule has 0 aliphatic rings. The summed E-state index contributed by atoms with van der Waals surface area (Å²) in [5, 5.41) is 5.67. The first kappa shape index (κ1) is 21.8. The van der Waals surface area contributed by atoms with Crippen molar-refractivity contribution in [1.29, 1.82) is 0 Å². The van der Waals surface area contributed by atoms with Gasteiger partial charge in [0.05, 0.1) is 0 Å². The summed E-state index contributed by atoms with van der Waals surface area (Å²) in [7, 11) is -3.42. The van der Waals surface area contributed by atoms with Crippen molar-refractivity contribution >= 4 is 56.0 Å². The van der Waals surface area contributed by atoms with Crippen LogP contribution in [0.4, 0.5) is 0 Å². The van der Waals surface area contributed by atoms with Crippen LogP contribution < -0.4 is 16.2 Å². The Morgan fingerprint density at radius 3 is 1.70 bits per heavy atom. The van der Waals surface area contributed by atoms with Gasteiger partial charge in [-0.15, -0.1) is 0 Å². The summed E-state index contributed by atoms with van der Waals surface area (Å²) in [6.45, 7) is 0. The monoisotopic (exact) mass is 495 g/mol. The maximum atomic E-state index is 15.3. The highest BCUT2D eigenvalue weighted by Crippen LogP contribution is 2.44. The zero-order valence-corrected chi connectivity index (χ0v) is 20.8. The average Bonchev–Trinajstić information content (AvgIpc) is 3.41. The van der Waals surface area contributed by atoms with Crippen LogP contribution >= 0.6 is 7.14 Å². The van der Waals surface area contributed by atoms with Gasteiger partial charge in [-0.05, 0) is 56.9 Å². The summed E-state index contributed by atoms with van der Waals surface area (Å²) < 4.78 is 21.6. The van der Waals surface area contributed by atoms with Gasteiger partial charge < -0.3 is 8.98 Å². The number of aromatic nitrogens is 1. The zero-order chi connectivity index (χ0) is 24.8. The Hall–Kier alpha value is -4.46. The molecular weight excluding hydrogens is 473 g/mol. The Morgan fingerprint density at radius 2 is 1.08 bits per heavy atom. The third kappa shape index (κ3) is 3.67. The Balaban J connectivity index is 1.46. The van der Waals surface area contributed by atoms with Gasteiger partial charge in [0.25, 0.3) is 5.63 Å². The highest BCUT2D eigenvalue weighted by Gasteiger charge is 2.36. The predicted molar refractivity (Wildman–Crippen MR) is 154 cm³/mol. The van der Waals surface area contributed by atoms with Gasteiger partial charge in [-0.2, -0.15) is 0 Å². The van der Waals surface area contributed by atoms with Crippen molar-refractivity contribution in [3.8, 4) is 11.1 Å². The van der Waals surface area contributed by atoms with Crippen LogP contribution in [-0.4, -0.2) is 4.98 Å². The van der Waals surface area contributed by atoms with E-state index in [4.69, 9.17) is 9.40 Å². The number of hydrogen-bond donors (Lipinski definition) is 0. The lowest BCUT2D eigenvalue weighted by atomic mass is 10.1. The summed E-state index contributed by atoms with van der Waals surface area (Å²) in [6.07, 6.45) is 0. The number of rotatable bonds is 4. The fourth-order valence-corrected chi connectivity index (χ4v) is 7.40. The molecule has 0 amide bonds. The van der Waals surface area contributed by atoms with Crippen LogP contribution in [0.15, 0.2) is 138 Å². The summed E-state index contributed by atoms with van der Waals surface area (Å²) in [6, 6.07) is 44.3. The standard InChI is InChI=1S/C33H22NO2P/c35-37(29-17-14-24-10-4-6-12-26(24)20-29,30-18-15-25-11-5-7-13-27(25)21-30)33-34-31-19-16-28(22-32(31)36-33)23-8-2-1-3-9-23/h1-22H. The minimum absolute atomic E-state index is 0.248. The molecule has 3 nitrogen and oxygen atoms in total. The van der Waals surface area contributed by atoms with Crippen molar-refractivity contribution in [2.45, 2.75) is 0 Å². The van der Waals surface area contributed by atoms with E-state index in [2.05, 4.69) is 24.3 Å². The minimum atomic E-state index is -3.42. The van der Waals surface area contributed by atoms with Crippen molar-refractivity contribution < 1.29 is 8.98 Å². The summed E-state index contributed by atoms with van der Waals surface area (Å²) in [4.78, 5) is 4.80. The molecule has 176 valence electrons. The van der Waals surface area contributed by atoms with Crippen LogP contribution in [0.3, 0.4) is 0 Å². The molecule has 0 saturated carbocycles. The van der Waals surface area contributed by atoms with Crippen molar-refractivity contribution in [2.75, 3.05) is 0 Å². The number of hydrogen-bond acceptors (Lipinski definition) is 3. The van der Waals surface area contributed by atoms with Crippen molar-refractivity contribution in [2.24, 2.45) is 0 Å². The second-order valence-electron chi connectivity index (χ2n) is 9.22. The van der Waals surface area contributed by atoms with Gasteiger partial charge >= 0.3 is 0 Å². The molecular formula is C33H22NO2P. The molecule has 0 N–H and O–H groups in total. The third-order valence-electron chi connectivity index (χ3n) is 6.95. The average molecular weight is 496 g/mol. The van der Waals surface area contributed by atoms with E-state index in [1.54, 1.807) is 0 Å². The largest absolute Gasteiger partial charge is 0.433 e. The highest BCUT2D eigenvalue weighted by atomic mass is 31.2. The molecule has 0 saturated heterocycles. The van der Waals surface area contributed by atoms with Gasteiger partial charge in [-0.1, -0.05) is 109 Å². The summed E-state index contributed by atoms with van der Waals surface area (Å²) in [5.41, 5.74) is 3.68. The SMILES string of the molecule is O=P(c1ccc2ccccc2c1)(c1ccc2ccccc2c1)c1nc2ccc(-c3ccccc3)cc2o1. The van der Waals surface area contributed by atoms with E-state index in [1.165, 1.54) is 0 Å². The van der Waals surface area contributed by atoms with E-state index in [9.17, 15) is 0 Å². The maximum absolute atomic E-state index is 15.3. The zero-order valence-electron chi connectivity index (χ0n) is 19.9. The fourth-order valence-electron chi connectivity index (χ4n) is 4.97. The van der Waals surface area contributed by atoms with Gasteiger partial charge in [-0.25, -0.2) is 4.98 Å². The summed E-state index contributed by atoms with van der Waals surface area (Å²) >= 11 is 0. The van der Waals surface area contributed by atoms with Crippen LogP contribution in [0.5, 0.6) is 0 Å². The first-order valence-corrected chi connectivity index (χ1v) is 13.9. The van der Waals surface area contributed by atoms with Crippen LogP contribution in [0.25, 0.3) is 43.8 Å². The lowest BCUT2D eigenvalue weighted by molar-refractivity contribution is 0.577. The highest BCUT2D eigenvalue weighted by molar-refractivity contribution is 7.84. The van der Waals surface area contributed by atoms with Crippen LogP contribution in [0.2, 0.25) is 0 Å². The Labute approximate surface area is 214 Å². The Morgan fingerprint density at radius 1 is 0.514 bits per heavy atom. The number of oxazole rings is 1.